The Bertz CT molecular complexity index is 398. The highest BCUT2D eigenvalue weighted by molar-refractivity contribution is 5.54. The van der Waals surface area contributed by atoms with E-state index in [9.17, 15) is 0 Å². The molecule has 1 heterocycles. The highest BCUT2D eigenvalue weighted by atomic mass is 16.5. The van der Waals surface area contributed by atoms with E-state index >= 15 is 0 Å². The molecule has 0 amide bonds. The molecule has 1 aromatic rings. The molecule has 0 radical (unpaired) electrons. The maximum atomic E-state index is 5.90. The molecule has 19 heavy (non-hydrogen) atoms. The van der Waals surface area contributed by atoms with Crippen LogP contribution >= 0.6 is 0 Å². The fraction of sp³-hybridized carbons (Fsp3) is 0.692. The average Bonchev–Trinajstić information content (AvgIpc) is 2.39. The first kappa shape index (κ1) is 15.7. The summed E-state index contributed by atoms with van der Waals surface area (Å²) >= 11 is 0. The van der Waals surface area contributed by atoms with Gasteiger partial charge in [-0.3, -0.25) is 0 Å². The Morgan fingerprint density at radius 2 is 2.05 bits per heavy atom. The fourth-order valence-corrected chi connectivity index (χ4v) is 1.70. The van der Waals surface area contributed by atoms with Gasteiger partial charge in [-0.05, 0) is 13.3 Å². The summed E-state index contributed by atoms with van der Waals surface area (Å²) in [6, 6.07) is 0. The number of nitrogens with one attached hydrogen (secondary N) is 1. The Balaban J connectivity index is 2.75. The number of rotatable bonds is 8. The molecule has 0 fully saturated rings. The van der Waals surface area contributed by atoms with Crippen LogP contribution in [0, 0.1) is 6.92 Å². The van der Waals surface area contributed by atoms with Gasteiger partial charge in [-0.2, -0.15) is 0 Å². The van der Waals surface area contributed by atoms with Crippen molar-refractivity contribution in [2.45, 2.75) is 32.8 Å². The second-order valence-electron chi connectivity index (χ2n) is 4.44. The van der Waals surface area contributed by atoms with Gasteiger partial charge >= 0.3 is 0 Å². The zero-order chi connectivity index (χ0) is 14.3. The van der Waals surface area contributed by atoms with Crippen molar-refractivity contribution < 1.29 is 9.47 Å². The molecule has 0 aliphatic heterocycles. The number of nitrogens with zero attached hydrogens (tertiary/aromatic N) is 2. The lowest BCUT2D eigenvalue weighted by Gasteiger charge is -2.17. The zero-order valence-corrected chi connectivity index (χ0v) is 12.2. The van der Waals surface area contributed by atoms with Crippen LogP contribution in [0.3, 0.4) is 0 Å². The smallest absolute Gasteiger partial charge is 0.134 e. The number of aromatic nitrogens is 2. The molecule has 1 rings (SSSR count). The van der Waals surface area contributed by atoms with E-state index in [0.717, 1.165) is 30.0 Å². The van der Waals surface area contributed by atoms with E-state index in [1.807, 2.05) is 6.92 Å². The number of anilines is 2. The molecule has 1 aromatic heterocycles. The number of nitrogens with two attached hydrogens (primary N) is 1. The lowest BCUT2D eigenvalue weighted by Crippen LogP contribution is -2.27. The summed E-state index contributed by atoms with van der Waals surface area (Å²) in [6.45, 7) is 5.15. The fourth-order valence-electron chi connectivity index (χ4n) is 1.70. The van der Waals surface area contributed by atoms with Crippen LogP contribution in [-0.2, 0) is 15.9 Å². The number of methoxy groups -OCH3 is 2. The molecule has 6 nitrogen and oxygen atoms in total. The molecule has 1 unspecified atom stereocenters. The summed E-state index contributed by atoms with van der Waals surface area (Å²) in [4.78, 5) is 8.77. The molecule has 0 aromatic carbocycles. The minimum Gasteiger partial charge on any atom is -0.383 e. The highest BCUT2D eigenvalue weighted by Gasteiger charge is 2.11. The first-order valence-corrected chi connectivity index (χ1v) is 6.50. The number of hydrogen-bond donors (Lipinski definition) is 2. The van der Waals surface area contributed by atoms with E-state index < -0.39 is 0 Å². The normalized spacial score (nSPS) is 12.4. The van der Waals surface area contributed by atoms with Crippen molar-refractivity contribution in [3.63, 3.8) is 0 Å². The largest absolute Gasteiger partial charge is 0.383 e. The van der Waals surface area contributed by atoms with E-state index in [1.54, 1.807) is 14.2 Å². The van der Waals surface area contributed by atoms with Gasteiger partial charge in [0.2, 0.25) is 0 Å². The van der Waals surface area contributed by atoms with Gasteiger partial charge in [0.15, 0.2) is 0 Å². The van der Waals surface area contributed by atoms with Crippen LogP contribution < -0.4 is 11.1 Å². The van der Waals surface area contributed by atoms with Gasteiger partial charge in [0.1, 0.15) is 17.5 Å². The third kappa shape index (κ3) is 4.65. The topological polar surface area (TPSA) is 82.3 Å². The Hall–Kier alpha value is -1.40. The van der Waals surface area contributed by atoms with E-state index in [0.29, 0.717) is 19.0 Å². The molecule has 0 saturated carbocycles. The predicted octanol–water partition coefficient (Wildman–Crippen LogP) is 1.39. The van der Waals surface area contributed by atoms with Crippen molar-refractivity contribution in [3.8, 4) is 0 Å². The Kier molecular flexibility index (Phi) is 6.52. The zero-order valence-electron chi connectivity index (χ0n) is 12.2. The first-order chi connectivity index (χ1) is 9.12. The lowest BCUT2D eigenvalue weighted by molar-refractivity contribution is 0.0365. The first-order valence-electron chi connectivity index (χ1n) is 6.50. The molecule has 3 N–H and O–H groups in total. The maximum Gasteiger partial charge on any atom is 0.134 e. The van der Waals surface area contributed by atoms with Crippen LogP contribution in [0.2, 0.25) is 0 Å². The molecule has 0 spiro atoms. The summed E-state index contributed by atoms with van der Waals surface area (Å²) in [5.41, 5.74) is 6.77. The summed E-state index contributed by atoms with van der Waals surface area (Å²) in [5.74, 6) is 2.07. The van der Waals surface area contributed by atoms with Crippen molar-refractivity contribution in [1.29, 1.82) is 0 Å². The van der Waals surface area contributed by atoms with Crippen molar-refractivity contribution >= 4 is 11.6 Å². The molecular formula is C13H24N4O2. The van der Waals surface area contributed by atoms with E-state index in [1.165, 1.54) is 0 Å². The minimum absolute atomic E-state index is 0.0183. The van der Waals surface area contributed by atoms with Gasteiger partial charge in [0.25, 0.3) is 0 Å². The summed E-state index contributed by atoms with van der Waals surface area (Å²) < 4.78 is 10.4. The second-order valence-corrected chi connectivity index (χ2v) is 4.44. The Morgan fingerprint density at radius 3 is 2.63 bits per heavy atom. The Labute approximate surface area is 114 Å². The number of hydrogen-bond acceptors (Lipinski definition) is 6. The quantitative estimate of drug-likeness (QED) is 0.741. The van der Waals surface area contributed by atoms with E-state index in [4.69, 9.17) is 15.2 Å². The predicted molar refractivity (Wildman–Crippen MR) is 76.3 cm³/mol. The van der Waals surface area contributed by atoms with Gasteiger partial charge in [0, 0.05) is 32.7 Å². The van der Waals surface area contributed by atoms with Crippen LogP contribution in [0.15, 0.2) is 0 Å². The number of nitrogen functional groups attached to an aromatic ring is 1. The summed E-state index contributed by atoms with van der Waals surface area (Å²) in [6.07, 6.45) is 1.80. The van der Waals surface area contributed by atoms with E-state index in [-0.39, 0.29) is 6.10 Å². The highest BCUT2D eigenvalue weighted by Crippen LogP contribution is 2.17. The van der Waals surface area contributed by atoms with Gasteiger partial charge in [0.05, 0.1) is 12.7 Å². The molecule has 1 atom stereocenters. The van der Waals surface area contributed by atoms with Crippen molar-refractivity contribution in [1.82, 2.24) is 9.97 Å². The molecule has 108 valence electrons. The number of ether oxygens (including phenoxy) is 2. The van der Waals surface area contributed by atoms with Crippen LogP contribution in [-0.4, -0.2) is 43.4 Å². The second kappa shape index (κ2) is 7.91. The molecule has 0 saturated heterocycles. The monoisotopic (exact) mass is 268 g/mol. The van der Waals surface area contributed by atoms with Gasteiger partial charge in [-0.15, -0.1) is 0 Å². The molecule has 0 bridgehead atoms. The Morgan fingerprint density at radius 1 is 1.32 bits per heavy atom. The van der Waals surface area contributed by atoms with Crippen molar-refractivity contribution in [2.24, 2.45) is 0 Å². The van der Waals surface area contributed by atoms with E-state index in [2.05, 4.69) is 22.2 Å². The molecular weight excluding hydrogens is 244 g/mol. The SMILES string of the molecule is CCCc1nc(N)c(C)c(NCC(COC)OC)n1. The lowest BCUT2D eigenvalue weighted by atomic mass is 10.2. The molecule has 0 aliphatic rings. The van der Waals surface area contributed by atoms with Gasteiger partial charge in [-0.25, -0.2) is 9.97 Å². The van der Waals surface area contributed by atoms with Crippen molar-refractivity contribution in [3.05, 3.63) is 11.4 Å². The summed E-state index contributed by atoms with van der Waals surface area (Å²) in [7, 11) is 3.31. The molecule has 0 aliphatic carbocycles. The summed E-state index contributed by atoms with van der Waals surface area (Å²) in [5, 5.41) is 3.25. The van der Waals surface area contributed by atoms with Gasteiger partial charge < -0.3 is 20.5 Å². The third-order valence-corrected chi connectivity index (χ3v) is 2.89. The number of aryl methyl sites for hydroxylation is 1. The van der Waals surface area contributed by atoms with Crippen LogP contribution in [0.4, 0.5) is 11.6 Å². The third-order valence-electron chi connectivity index (χ3n) is 2.89. The van der Waals surface area contributed by atoms with Crippen LogP contribution in [0.25, 0.3) is 0 Å². The van der Waals surface area contributed by atoms with Crippen LogP contribution in [0.5, 0.6) is 0 Å². The van der Waals surface area contributed by atoms with Gasteiger partial charge in [-0.1, -0.05) is 6.92 Å². The van der Waals surface area contributed by atoms with Crippen LogP contribution in [0.1, 0.15) is 24.7 Å². The minimum atomic E-state index is -0.0183. The standard InChI is InChI=1S/C13H24N4O2/c1-5-6-11-16-12(14)9(2)13(17-11)15-7-10(19-4)8-18-3/h10H,5-8H2,1-4H3,(H3,14,15,16,17). The molecule has 6 heteroatoms. The van der Waals surface area contributed by atoms with Crippen molar-refractivity contribution in [2.75, 3.05) is 38.4 Å². The maximum absolute atomic E-state index is 5.90. The average molecular weight is 268 g/mol.